The standard InChI is InChI=1S/C16H21NO3/c18-15(11-16(19)8-3-4-9-16)17-13-7-10-20-14-6-2-1-5-12(13)14/h1-2,5-6,13,19H,3-4,7-11H2,(H,17,18). The minimum atomic E-state index is -0.783. The molecule has 0 bridgehead atoms. The number of nitrogens with one attached hydrogen (secondary N) is 1. The number of para-hydroxylation sites is 1. The number of carbonyl (C=O) groups is 1. The molecule has 1 fully saturated rings. The molecule has 1 aliphatic carbocycles. The van der Waals surface area contributed by atoms with Gasteiger partial charge in [-0.05, 0) is 18.9 Å². The second-order valence-electron chi connectivity index (χ2n) is 5.90. The van der Waals surface area contributed by atoms with Gasteiger partial charge in [-0.15, -0.1) is 0 Å². The molecule has 3 rings (SSSR count). The molecule has 0 saturated heterocycles. The number of rotatable bonds is 3. The smallest absolute Gasteiger partial charge is 0.223 e. The largest absolute Gasteiger partial charge is 0.493 e. The molecule has 1 amide bonds. The lowest BCUT2D eigenvalue weighted by atomic mass is 9.96. The van der Waals surface area contributed by atoms with Crippen molar-refractivity contribution in [2.75, 3.05) is 6.61 Å². The van der Waals surface area contributed by atoms with Crippen LogP contribution in [0.15, 0.2) is 24.3 Å². The molecule has 1 aromatic rings. The third-order valence-corrected chi connectivity index (χ3v) is 4.32. The van der Waals surface area contributed by atoms with Crippen LogP contribution in [0.5, 0.6) is 5.75 Å². The number of amides is 1. The summed E-state index contributed by atoms with van der Waals surface area (Å²) in [6.07, 6.45) is 4.51. The maximum atomic E-state index is 12.2. The van der Waals surface area contributed by atoms with Crippen molar-refractivity contribution in [3.05, 3.63) is 29.8 Å². The molecule has 0 aromatic heterocycles. The van der Waals surface area contributed by atoms with Gasteiger partial charge in [0.1, 0.15) is 5.75 Å². The molecule has 0 spiro atoms. The van der Waals surface area contributed by atoms with E-state index in [1.807, 2.05) is 24.3 Å². The van der Waals surface area contributed by atoms with E-state index in [1.165, 1.54) is 0 Å². The quantitative estimate of drug-likeness (QED) is 0.890. The molecule has 2 N–H and O–H groups in total. The number of benzene rings is 1. The Morgan fingerprint density at radius 2 is 2.10 bits per heavy atom. The summed E-state index contributed by atoms with van der Waals surface area (Å²) in [5.74, 6) is 0.791. The van der Waals surface area contributed by atoms with Crippen LogP contribution in [-0.2, 0) is 4.79 Å². The fourth-order valence-corrected chi connectivity index (χ4v) is 3.25. The number of fused-ring (bicyclic) bond motifs is 1. The molecule has 1 aliphatic heterocycles. The first kappa shape index (κ1) is 13.4. The van der Waals surface area contributed by atoms with E-state index >= 15 is 0 Å². The second kappa shape index (κ2) is 5.44. The van der Waals surface area contributed by atoms with Crippen molar-refractivity contribution in [3.63, 3.8) is 0 Å². The molecule has 0 radical (unpaired) electrons. The van der Waals surface area contributed by atoms with Crippen LogP contribution in [0.2, 0.25) is 0 Å². The zero-order chi connectivity index (χ0) is 14.0. The molecule has 1 heterocycles. The predicted molar refractivity (Wildman–Crippen MR) is 75.5 cm³/mol. The summed E-state index contributed by atoms with van der Waals surface area (Å²) in [5.41, 5.74) is 0.250. The molecular weight excluding hydrogens is 254 g/mol. The molecule has 108 valence electrons. The molecule has 20 heavy (non-hydrogen) atoms. The van der Waals surface area contributed by atoms with E-state index in [0.717, 1.165) is 43.4 Å². The molecule has 1 atom stereocenters. The van der Waals surface area contributed by atoms with Crippen molar-refractivity contribution in [1.29, 1.82) is 0 Å². The molecule has 4 nitrogen and oxygen atoms in total. The number of hydrogen-bond acceptors (Lipinski definition) is 3. The number of hydrogen-bond donors (Lipinski definition) is 2. The SMILES string of the molecule is O=C(CC1(O)CCCC1)NC1CCOc2ccccc21. The van der Waals surface area contributed by atoms with Crippen LogP contribution in [-0.4, -0.2) is 23.2 Å². The van der Waals surface area contributed by atoms with Gasteiger partial charge in [-0.2, -0.15) is 0 Å². The second-order valence-corrected chi connectivity index (χ2v) is 5.90. The van der Waals surface area contributed by atoms with Gasteiger partial charge in [0, 0.05) is 12.0 Å². The monoisotopic (exact) mass is 275 g/mol. The Hall–Kier alpha value is -1.55. The molecule has 1 saturated carbocycles. The third kappa shape index (κ3) is 2.80. The zero-order valence-corrected chi connectivity index (χ0v) is 11.6. The topological polar surface area (TPSA) is 58.6 Å². The van der Waals surface area contributed by atoms with Crippen molar-refractivity contribution < 1.29 is 14.6 Å². The van der Waals surface area contributed by atoms with Gasteiger partial charge < -0.3 is 15.2 Å². The zero-order valence-electron chi connectivity index (χ0n) is 11.6. The average molecular weight is 275 g/mol. The number of carbonyl (C=O) groups excluding carboxylic acids is 1. The van der Waals surface area contributed by atoms with E-state index in [-0.39, 0.29) is 18.4 Å². The van der Waals surface area contributed by atoms with Crippen molar-refractivity contribution in [2.24, 2.45) is 0 Å². The summed E-state index contributed by atoms with van der Waals surface area (Å²) >= 11 is 0. The third-order valence-electron chi connectivity index (χ3n) is 4.32. The molecule has 4 heteroatoms. The summed E-state index contributed by atoms with van der Waals surface area (Å²) in [6.45, 7) is 0.617. The lowest BCUT2D eigenvalue weighted by molar-refractivity contribution is -0.126. The van der Waals surface area contributed by atoms with Gasteiger partial charge in [0.25, 0.3) is 0 Å². The van der Waals surface area contributed by atoms with Crippen LogP contribution in [0.4, 0.5) is 0 Å². The maximum Gasteiger partial charge on any atom is 0.223 e. The summed E-state index contributed by atoms with van der Waals surface area (Å²) in [5, 5.41) is 13.3. The minimum Gasteiger partial charge on any atom is -0.493 e. The van der Waals surface area contributed by atoms with Crippen LogP contribution in [0.3, 0.4) is 0 Å². The van der Waals surface area contributed by atoms with Crippen molar-refractivity contribution in [3.8, 4) is 5.75 Å². The summed E-state index contributed by atoms with van der Waals surface area (Å²) in [7, 11) is 0. The van der Waals surface area contributed by atoms with E-state index in [2.05, 4.69) is 5.32 Å². The minimum absolute atomic E-state index is 0.00236. The Kier molecular flexibility index (Phi) is 3.66. The van der Waals surface area contributed by atoms with E-state index in [4.69, 9.17) is 4.74 Å². The first-order valence-corrected chi connectivity index (χ1v) is 7.40. The Morgan fingerprint density at radius 3 is 2.90 bits per heavy atom. The van der Waals surface area contributed by atoms with E-state index in [9.17, 15) is 9.90 Å². The van der Waals surface area contributed by atoms with Gasteiger partial charge in [0.05, 0.1) is 24.7 Å². The van der Waals surface area contributed by atoms with Gasteiger partial charge in [0.15, 0.2) is 0 Å². The highest BCUT2D eigenvalue weighted by Gasteiger charge is 2.34. The lowest BCUT2D eigenvalue weighted by Gasteiger charge is -2.28. The summed E-state index contributed by atoms with van der Waals surface area (Å²) in [6, 6.07) is 7.81. The highest BCUT2D eigenvalue weighted by molar-refractivity contribution is 5.77. The van der Waals surface area contributed by atoms with Gasteiger partial charge in [-0.25, -0.2) is 0 Å². The van der Waals surface area contributed by atoms with Gasteiger partial charge in [0.2, 0.25) is 5.91 Å². The molecule has 1 unspecified atom stereocenters. The normalized spacial score (nSPS) is 23.8. The number of aliphatic hydroxyl groups is 1. The first-order valence-electron chi connectivity index (χ1n) is 7.40. The highest BCUT2D eigenvalue weighted by Crippen LogP contribution is 2.34. The van der Waals surface area contributed by atoms with Crippen molar-refractivity contribution in [2.45, 2.75) is 50.2 Å². The molecule has 1 aromatic carbocycles. The van der Waals surface area contributed by atoms with Crippen LogP contribution in [0.1, 0.15) is 50.1 Å². The van der Waals surface area contributed by atoms with Gasteiger partial charge >= 0.3 is 0 Å². The van der Waals surface area contributed by atoms with E-state index in [0.29, 0.717) is 6.61 Å². The number of ether oxygens (including phenoxy) is 1. The van der Waals surface area contributed by atoms with Gasteiger partial charge in [-0.3, -0.25) is 4.79 Å². The maximum absolute atomic E-state index is 12.2. The fourth-order valence-electron chi connectivity index (χ4n) is 3.25. The van der Waals surface area contributed by atoms with Crippen molar-refractivity contribution in [1.82, 2.24) is 5.32 Å². The van der Waals surface area contributed by atoms with E-state index in [1.54, 1.807) is 0 Å². The summed E-state index contributed by atoms with van der Waals surface area (Å²) in [4.78, 5) is 12.2. The summed E-state index contributed by atoms with van der Waals surface area (Å²) < 4.78 is 5.59. The fraction of sp³-hybridized carbons (Fsp3) is 0.562. The van der Waals surface area contributed by atoms with Crippen LogP contribution in [0, 0.1) is 0 Å². The average Bonchev–Trinajstić information content (AvgIpc) is 2.85. The van der Waals surface area contributed by atoms with Crippen LogP contribution in [0.25, 0.3) is 0 Å². The Bertz CT molecular complexity index is 494. The predicted octanol–water partition coefficient (Wildman–Crippen LogP) is 2.32. The van der Waals surface area contributed by atoms with Crippen molar-refractivity contribution >= 4 is 5.91 Å². The molecule has 2 aliphatic rings. The Labute approximate surface area is 119 Å². The Morgan fingerprint density at radius 1 is 1.35 bits per heavy atom. The van der Waals surface area contributed by atoms with Crippen LogP contribution < -0.4 is 10.1 Å². The van der Waals surface area contributed by atoms with Gasteiger partial charge in [-0.1, -0.05) is 31.0 Å². The van der Waals surface area contributed by atoms with E-state index < -0.39 is 5.60 Å². The Balaban J connectivity index is 1.65. The first-order chi connectivity index (χ1) is 9.66. The van der Waals surface area contributed by atoms with Crippen LogP contribution >= 0.6 is 0 Å². The molecular formula is C16H21NO3. The highest BCUT2D eigenvalue weighted by atomic mass is 16.5. The lowest BCUT2D eigenvalue weighted by Crippen LogP contribution is -2.37.